The van der Waals surface area contributed by atoms with Crippen LogP contribution in [0.2, 0.25) is 0 Å². The van der Waals surface area contributed by atoms with Crippen molar-refractivity contribution in [3.63, 3.8) is 0 Å². The zero-order chi connectivity index (χ0) is 23.7. The normalized spacial score (nSPS) is 19.9. The lowest BCUT2D eigenvalue weighted by atomic mass is 9.71. The second-order valence-electron chi connectivity index (χ2n) is 9.26. The smallest absolute Gasteiger partial charge is 0.261 e. The van der Waals surface area contributed by atoms with Gasteiger partial charge in [-0.3, -0.25) is 4.79 Å². The molecular weight excluding hydrogens is 432 g/mol. The summed E-state index contributed by atoms with van der Waals surface area (Å²) in [5, 5.41) is 9.17. The molecule has 7 heteroatoms. The van der Waals surface area contributed by atoms with E-state index in [4.69, 9.17) is 24.2 Å². The number of hydrogen-bond acceptors (Lipinski definition) is 6. The summed E-state index contributed by atoms with van der Waals surface area (Å²) in [6.07, 6.45) is 4.43. The second kappa shape index (κ2) is 9.09. The third-order valence-electron chi connectivity index (χ3n) is 7.28. The molecule has 0 saturated heterocycles. The quantitative estimate of drug-likeness (QED) is 0.650. The van der Waals surface area contributed by atoms with Crippen molar-refractivity contribution < 1.29 is 23.7 Å². The van der Waals surface area contributed by atoms with E-state index in [2.05, 4.69) is 25.1 Å². The summed E-state index contributed by atoms with van der Waals surface area (Å²) in [7, 11) is 0. The summed E-state index contributed by atoms with van der Waals surface area (Å²) in [5.41, 5.74) is 2.87. The molecule has 178 valence electrons. The number of benzene rings is 2. The molecule has 0 bridgehead atoms. The van der Waals surface area contributed by atoms with Gasteiger partial charge in [0.2, 0.25) is 0 Å². The highest BCUT2D eigenvalue weighted by molar-refractivity contribution is 5.79. The molecule has 34 heavy (non-hydrogen) atoms. The maximum atomic E-state index is 13.5. The van der Waals surface area contributed by atoms with Gasteiger partial charge in [0.25, 0.3) is 5.91 Å². The number of fused-ring (bicyclic) bond motifs is 3. The summed E-state index contributed by atoms with van der Waals surface area (Å²) in [6, 6.07) is 11.2. The maximum absolute atomic E-state index is 13.5. The fraction of sp³-hybridized carbons (Fsp3) is 0.481. The highest BCUT2D eigenvalue weighted by Gasteiger charge is 2.46. The topological polar surface area (TPSA) is 81.0 Å². The van der Waals surface area contributed by atoms with Gasteiger partial charge in [-0.1, -0.05) is 12.8 Å². The molecule has 5 rings (SSSR count). The number of carbonyl (C=O) groups excluding carboxylic acids is 1. The molecule has 1 aliphatic carbocycles. The van der Waals surface area contributed by atoms with Crippen LogP contribution in [0.25, 0.3) is 0 Å². The van der Waals surface area contributed by atoms with Crippen molar-refractivity contribution in [2.75, 3.05) is 33.0 Å². The maximum Gasteiger partial charge on any atom is 0.261 e. The molecule has 1 saturated carbocycles. The predicted molar refractivity (Wildman–Crippen MR) is 126 cm³/mol. The van der Waals surface area contributed by atoms with Crippen molar-refractivity contribution in [1.29, 1.82) is 5.26 Å². The van der Waals surface area contributed by atoms with Crippen LogP contribution in [-0.4, -0.2) is 43.8 Å². The van der Waals surface area contributed by atoms with Crippen LogP contribution in [0, 0.1) is 11.3 Å². The van der Waals surface area contributed by atoms with Crippen LogP contribution in [0.4, 0.5) is 0 Å². The Labute approximate surface area is 200 Å². The molecule has 1 atom stereocenters. The Morgan fingerprint density at radius 2 is 1.85 bits per heavy atom. The minimum atomic E-state index is -0.0968. The van der Waals surface area contributed by atoms with E-state index in [0.29, 0.717) is 43.4 Å². The van der Waals surface area contributed by atoms with Crippen molar-refractivity contribution in [3.05, 3.63) is 47.0 Å². The first-order valence-corrected chi connectivity index (χ1v) is 12.1. The fourth-order valence-electron chi connectivity index (χ4n) is 5.60. The predicted octanol–water partition coefficient (Wildman–Crippen LogP) is 4.52. The van der Waals surface area contributed by atoms with Crippen LogP contribution < -0.4 is 18.9 Å². The van der Waals surface area contributed by atoms with E-state index in [1.54, 1.807) is 18.2 Å². The monoisotopic (exact) mass is 462 g/mol. The highest BCUT2D eigenvalue weighted by atomic mass is 16.6. The summed E-state index contributed by atoms with van der Waals surface area (Å²) in [4.78, 5) is 15.4. The third-order valence-corrected chi connectivity index (χ3v) is 7.28. The summed E-state index contributed by atoms with van der Waals surface area (Å²) in [6.45, 7) is 6.07. The Morgan fingerprint density at radius 3 is 2.56 bits per heavy atom. The minimum Gasteiger partial charge on any atom is -0.490 e. The lowest BCUT2D eigenvalue weighted by Gasteiger charge is -2.46. The minimum absolute atomic E-state index is 0.0573. The van der Waals surface area contributed by atoms with Gasteiger partial charge in [0, 0.05) is 18.0 Å². The van der Waals surface area contributed by atoms with Crippen LogP contribution in [0.5, 0.6) is 23.0 Å². The van der Waals surface area contributed by atoms with Gasteiger partial charge in [-0.2, -0.15) is 5.26 Å². The van der Waals surface area contributed by atoms with Gasteiger partial charge in [0.15, 0.2) is 29.6 Å². The Hall–Kier alpha value is -3.40. The number of hydrogen-bond donors (Lipinski definition) is 0. The third kappa shape index (κ3) is 3.91. The number of nitrogens with zero attached hydrogens (tertiary/aromatic N) is 2. The molecule has 1 fully saturated rings. The first-order valence-electron chi connectivity index (χ1n) is 12.1. The number of nitriles is 1. The fourth-order valence-corrected chi connectivity index (χ4v) is 5.60. The van der Waals surface area contributed by atoms with Crippen LogP contribution in [0.3, 0.4) is 0 Å². The van der Waals surface area contributed by atoms with Crippen molar-refractivity contribution in [2.45, 2.75) is 51.0 Å². The SMILES string of the molecule is CCOc1cc(C#N)ccc1OCC(=O)N1CC2(CCCC2)c2cc3c(cc2C1C)OCCO3. The van der Waals surface area contributed by atoms with Crippen molar-refractivity contribution in [2.24, 2.45) is 0 Å². The van der Waals surface area contributed by atoms with Gasteiger partial charge >= 0.3 is 0 Å². The van der Waals surface area contributed by atoms with E-state index in [-0.39, 0.29) is 24.0 Å². The van der Waals surface area contributed by atoms with Gasteiger partial charge in [-0.05, 0) is 62.1 Å². The zero-order valence-corrected chi connectivity index (χ0v) is 19.8. The lowest BCUT2D eigenvalue weighted by Crippen LogP contribution is -2.50. The molecule has 1 spiro atoms. The van der Waals surface area contributed by atoms with Gasteiger partial charge in [0.1, 0.15) is 13.2 Å². The Kier molecular flexibility index (Phi) is 5.99. The van der Waals surface area contributed by atoms with Crippen LogP contribution >= 0.6 is 0 Å². The Bertz CT molecular complexity index is 1130. The van der Waals surface area contributed by atoms with E-state index in [0.717, 1.165) is 42.7 Å². The molecule has 0 radical (unpaired) electrons. The van der Waals surface area contributed by atoms with E-state index < -0.39 is 0 Å². The zero-order valence-electron chi connectivity index (χ0n) is 19.8. The van der Waals surface area contributed by atoms with Gasteiger partial charge in [-0.25, -0.2) is 0 Å². The van der Waals surface area contributed by atoms with Crippen molar-refractivity contribution >= 4 is 5.91 Å². The van der Waals surface area contributed by atoms with Crippen LogP contribution in [0.1, 0.15) is 62.3 Å². The average Bonchev–Trinajstić information content (AvgIpc) is 3.34. The molecule has 3 aliphatic rings. The number of carbonyl (C=O) groups is 1. The molecule has 0 aromatic heterocycles. The first-order chi connectivity index (χ1) is 16.5. The number of amides is 1. The van der Waals surface area contributed by atoms with Gasteiger partial charge in [-0.15, -0.1) is 0 Å². The molecule has 1 unspecified atom stereocenters. The van der Waals surface area contributed by atoms with Crippen molar-refractivity contribution in [1.82, 2.24) is 4.90 Å². The average molecular weight is 463 g/mol. The van der Waals surface area contributed by atoms with E-state index in [1.807, 2.05) is 11.8 Å². The molecule has 0 N–H and O–H groups in total. The summed E-state index contributed by atoms with van der Waals surface area (Å²) >= 11 is 0. The summed E-state index contributed by atoms with van der Waals surface area (Å²) in [5.74, 6) is 2.45. The van der Waals surface area contributed by atoms with Crippen LogP contribution in [-0.2, 0) is 10.2 Å². The molecule has 2 heterocycles. The second-order valence-corrected chi connectivity index (χ2v) is 9.26. The number of rotatable bonds is 5. The molecule has 2 aromatic carbocycles. The highest BCUT2D eigenvalue weighted by Crippen LogP contribution is 2.52. The molecule has 1 amide bonds. The molecule has 2 aromatic rings. The summed E-state index contributed by atoms with van der Waals surface area (Å²) < 4.78 is 23.3. The van der Waals surface area contributed by atoms with E-state index in [1.165, 1.54) is 5.56 Å². The van der Waals surface area contributed by atoms with Gasteiger partial charge in [0.05, 0.1) is 24.3 Å². The van der Waals surface area contributed by atoms with E-state index in [9.17, 15) is 4.79 Å². The van der Waals surface area contributed by atoms with Gasteiger partial charge < -0.3 is 23.8 Å². The largest absolute Gasteiger partial charge is 0.490 e. The molecular formula is C27H30N2O5. The Balaban J connectivity index is 1.40. The van der Waals surface area contributed by atoms with Crippen molar-refractivity contribution in [3.8, 4) is 29.1 Å². The van der Waals surface area contributed by atoms with Crippen LogP contribution in [0.15, 0.2) is 30.3 Å². The molecule has 7 nitrogen and oxygen atoms in total. The number of ether oxygens (including phenoxy) is 4. The van der Waals surface area contributed by atoms with E-state index >= 15 is 0 Å². The molecule has 2 aliphatic heterocycles. The first kappa shape index (κ1) is 22.4. The lowest BCUT2D eigenvalue weighted by molar-refractivity contribution is -0.137. The Morgan fingerprint density at radius 1 is 1.12 bits per heavy atom. The standard InChI is InChI=1S/C27H30N2O5/c1-3-31-23-12-19(15-28)6-7-22(23)34-16-26(30)29-17-27(8-4-5-9-27)21-14-25-24(32-10-11-33-25)13-20(21)18(29)2/h6-7,12-14,18H,3-5,8-11,16-17H2,1-2H3.